The molecule has 0 spiro atoms. The molecule has 0 bridgehead atoms. The van der Waals surface area contributed by atoms with Gasteiger partial charge >= 0.3 is 18.1 Å². The number of halogens is 3. The number of carbonyl (C=O) groups excluding carboxylic acids is 1. The summed E-state index contributed by atoms with van der Waals surface area (Å²) in [6.07, 6.45) is -5.52. The second-order valence-corrected chi connectivity index (χ2v) is 4.22. The minimum atomic E-state index is -5.15. The molecule has 1 aromatic rings. The van der Waals surface area contributed by atoms with Crippen molar-refractivity contribution < 1.29 is 37.3 Å². The van der Waals surface area contributed by atoms with Crippen molar-refractivity contribution in [3.63, 3.8) is 0 Å². The number of carboxylic acid groups (broad SMARTS) is 1. The number of benzene rings is 1. The van der Waals surface area contributed by atoms with Crippen LogP contribution in [0.3, 0.4) is 0 Å². The second-order valence-electron chi connectivity index (χ2n) is 4.22. The molecule has 6 nitrogen and oxygen atoms in total. The van der Waals surface area contributed by atoms with Gasteiger partial charge in [-0.25, -0.2) is 4.79 Å². The van der Waals surface area contributed by atoms with E-state index in [9.17, 15) is 22.8 Å². The molecular weight excluding hydrogens is 307 g/mol. The van der Waals surface area contributed by atoms with Crippen molar-refractivity contribution in [2.75, 3.05) is 13.9 Å². The molecule has 0 heterocycles. The monoisotopic (exact) mass is 321 g/mol. The highest BCUT2D eigenvalue weighted by Crippen LogP contribution is 2.21. The van der Waals surface area contributed by atoms with Gasteiger partial charge in [0, 0.05) is 13.5 Å². The summed E-state index contributed by atoms with van der Waals surface area (Å²) in [5.41, 5.74) is 0.328. The Kier molecular flexibility index (Phi) is 6.17. The molecule has 2 N–H and O–H groups in total. The quantitative estimate of drug-likeness (QED) is 0.741. The molecule has 0 saturated heterocycles. The van der Waals surface area contributed by atoms with Gasteiger partial charge in [-0.1, -0.05) is 18.2 Å². The number of hydrogen-bond acceptors (Lipinski definition) is 4. The molecular formula is C13H14F3NO5. The number of methoxy groups -OCH3 is 1. The zero-order valence-corrected chi connectivity index (χ0v) is 11.5. The fourth-order valence-electron chi connectivity index (χ4n) is 1.60. The maximum absolute atomic E-state index is 12.2. The number of carbonyl (C=O) groups is 2. The number of alkyl halides is 3. The standard InChI is InChI=1S/C13H14F3NO5/c1-21-7-22-10-5-3-2-4-8(10)6-9(11(18)19)17-12(20)13(14,15)16/h2-5,9H,6-7H2,1H3,(H,17,20)(H,18,19). The second kappa shape index (κ2) is 7.64. The van der Waals surface area contributed by atoms with E-state index in [-0.39, 0.29) is 19.0 Å². The first-order valence-corrected chi connectivity index (χ1v) is 6.06. The fourth-order valence-corrected chi connectivity index (χ4v) is 1.60. The van der Waals surface area contributed by atoms with Gasteiger partial charge in [-0.3, -0.25) is 4.79 Å². The highest BCUT2D eigenvalue weighted by molar-refractivity contribution is 5.87. The van der Waals surface area contributed by atoms with Crippen molar-refractivity contribution >= 4 is 11.9 Å². The van der Waals surface area contributed by atoms with Crippen molar-refractivity contribution in [3.8, 4) is 5.75 Å². The van der Waals surface area contributed by atoms with Crippen LogP contribution in [-0.4, -0.2) is 43.1 Å². The molecule has 0 radical (unpaired) electrons. The van der Waals surface area contributed by atoms with Crippen LogP contribution in [-0.2, 0) is 20.7 Å². The molecule has 22 heavy (non-hydrogen) atoms. The SMILES string of the molecule is COCOc1ccccc1CC(NC(=O)C(F)(F)F)C(=O)O. The number of aliphatic carboxylic acids is 1. The van der Waals surface area contributed by atoms with Crippen LogP contribution < -0.4 is 10.1 Å². The van der Waals surface area contributed by atoms with E-state index in [1.165, 1.54) is 24.6 Å². The molecule has 1 aromatic carbocycles. The molecule has 0 saturated carbocycles. The number of rotatable bonds is 7. The van der Waals surface area contributed by atoms with E-state index < -0.39 is 24.1 Å². The first-order chi connectivity index (χ1) is 10.3. The summed E-state index contributed by atoms with van der Waals surface area (Å²) in [4.78, 5) is 21.9. The Morgan fingerprint density at radius 1 is 1.32 bits per heavy atom. The Bertz CT molecular complexity index is 533. The molecule has 0 aliphatic carbocycles. The highest BCUT2D eigenvalue weighted by atomic mass is 19.4. The summed E-state index contributed by atoms with van der Waals surface area (Å²) in [5, 5.41) is 10.4. The van der Waals surface area contributed by atoms with Crippen molar-refractivity contribution in [2.24, 2.45) is 0 Å². The minimum Gasteiger partial charge on any atom is -0.480 e. The van der Waals surface area contributed by atoms with Crippen molar-refractivity contribution in [1.29, 1.82) is 0 Å². The molecule has 9 heteroatoms. The molecule has 1 unspecified atom stereocenters. The summed E-state index contributed by atoms with van der Waals surface area (Å²) in [6.45, 7) is -0.107. The lowest BCUT2D eigenvalue weighted by atomic mass is 10.0. The van der Waals surface area contributed by atoms with Gasteiger partial charge in [-0.15, -0.1) is 0 Å². The lowest BCUT2D eigenvalue weighted by Gasteiger charge is -2.17. The van der Waals surface area contributed by atoms with Crippen molar-refractivity contribution in [3.05, 3.63) is 29.8 Å². The lowest BCUT2D eigenvalue weighted by Crippen LogP contribution is -2.47. The number of ether oxygens (including phenoxy) is 2. The van der Waals surface area contributed by atoms with Gasteiger partial charge in [0.05, 0.1) is 0 Å². The highest BCUT2D eigenvalue weighted by Gasteiger charge is 2.40. The van der Waals surface area contributed by atoms with Crippen LogP contribution in [0.1, 0.15) is 5.56 Å². The summed E-state index contributed by atoms with van der Waals surface area (Å²) < 4.78 is 46.5. The Morgan fingerprint density at radius 2 is 1.95 bits per heavy atom. The first kappa shape index (κ1) is 17.8. The van der Waals surface area contributed by atoms with Crippen LogP contribution >= 0.6 is 0 Å². The van der Waals surface area contributed by atoms with E-state index in [1.54, 1.807) is 12.1 Å². The molecule has 0 aliphatic rings. The summed E-state index contributed by atoms with van der Waals surface area (Å²) in [7, 11) is 1.38. The van der Waals surface area contributed by atoms with Crippen LogP contribution in [0.5, 0.6) is 5.75 Å². The van der Waals surface area contributed by atoms with Gasteiger partial charge < -0.3 is 19.9 Å². The van der Waals surface area contributed by atoms with Gasteiger partial charge in [0.15, 0.2) is 6.79 Å². The number of hydrogen-bond donors (Lipinski definition) is 2. The van der Waals surface area contributed by atoms with Gasteiger partial charge in [0.1, 0.15) is 11.8 Å². The average molecular weight is 321 g/mol. The third-order valence-electron chi connectivity index (χ3n) is 2.59. The van der Waals surface area contributed by atoms with Gasteiger partial charge in [-0.2, -0.15) is 13.2 Å². The molecule has 0 fully saturated rings. The van der Waals surface area contributed by atoms with Gasteiger partial charge in [-0.05, 0) is 11.6 Å². The largest absolute Gasteiger partial charge is 0.480 e. The molecule has 0 aromatic heterocycles. The predicted molar refractivity (Wildman–Crippen MR) is 68.3 cm³/mol. The normalized spacial score (nSPS) is 12.5. The van der Waals surface area contributed by atoms with Crippen LogP contribution in [0, 0.1) is 0 Å². The van der Waals surface area contributed by atoms with Crippen LogP contribution in [0.4, 0.5) is 13.2 Å². The Balaban J connectivity index is 2.88. The zero-order valence-electron chi connectivity index (χ0n) is 11.5. The molecule has 1 rings (SSSR count). The number of para-hydroxylation sites is 1. The van der Waals surface area contributed by atoms with E-state index in [1.807, 2.05) is 0 Å². The van der Waals surface area contributed by atoms with Crippen LogP contribution in [0.25, 0.3) is 0 Å². The molecule has 1 atom stereocenters. The van der Waals surface area contributed by atoms with E-state index >= 15 is 0 Å². The van der Waals surface area contributed by atoms with E-state index in [0.29, 0.717) is 5.56 Å². The molecule has 0 aliphatic heterocycles. The number of carboxylic acids is 1. The summed E-state index contributed by atoms with van der Waals surface area (Å²) >= 11 is 0. The lowest BCUT2D eigenvalue weighted by molar-refractivity contribution is -0.175. The number of amides is 1. The van der Waals surface area contributed by atoms with Crippen LogP contribution in [0.2, 0.25) is 0 Å². The maximum atomic E-state index is 12.2. The van der Waals surface area contributed by atoms with Gasteiger partial charge in [0.25, 0.3) is 0 Å². The predicted octanol–water partition coefficient (Wildman–Crippen LogP) is 1.34. The minimum absolute atomic E-state index is 0.107. The van der Waals surface area contributed by atoms with Crippen molar-refractivity contribution in [1.82, 2.24) is 5.32 Å². The fraction of sp³-hybridized carbons (Fsp3) is 0.385. The summed E-state index contributed by atoms with van der Waals surface area (Å²) in [5.74, 6) is -3.63. The van der Waals surface area contributed by atoms with E-state index in [4.69, 9.17) is 14.6 Å². The smallest absolute Gasteiger partial charge is 0.471 e. The first-order valence-electron chi connectivity index (χ1n) is 6.06. The van der Waals surface area contributed by atoms with Crippen LogP contribution in [0.15, 0.2) is 24.3 Å². The zero-order chi connectivity index (χ0) is 16.8. The van der Waals surface area contributed by atoms with E-state index in [2.05, 4.69) is 0 Å². The molecule has 122 valence electrons. The molecule has 1 amide bonds. The topological polar surface area (TPSA) is 84.9 Å². The van der Waals surface area contributed by atoms with E-state index in [0.717, 1.165) is 0 Å². The van der Waals surface area contributed by atoms with Gasteiger partial charge in [0.2, 0.25) is 0 Å². The Labute approximate surface area is 123 Å². The Morgan fingerprint density at radius 3 is 2.50 bits per heavy atom. The third-order valence-corrected chi connectivity index (χ3v) is 2.59. The number of nitrogens with one attached hydrogen (secondary N) is 1. The van der Waals surface area contributed by atoms with Crippen molar-refractivity contribution in [2.45, 2.75) is 18.6 Å². The average Bonchev–Trinajstić information content (AvgIpc) is 2.44. The maximum Gasteiger partial charge on any atom is 0.471 e. The third kappa shape index (κ3) is 5.24. The summed E-state index contributed by atoms with van der Waals surface area (Å²) in [6, 6.07) is 4.44. The Hall–Kier alpha value is -2.29.